The average molecular weight is 293 g/mol. The van der Waals surface area contributed by atoms with E-state index in [1.165, 1.54) is 29.9 Å². The topological polar surface area (TPSA) is 32.3 Å². The second kappa shape index (κ2) is 8.06. The molecule has 1 unspecified atom stereocenters. The van der Waals surface area contributed by atoms with Gasteiger partial charge in [-0.1, -0.05) is 38.1 Å². The number of thioether (sulfide) groups is 1. The molecule has 1 aliphatic heterocycles. The Morgan fingerprint density at radius 3 is 2.35 bits per heavy atom. The van der Waals surface area contributed by atoms with Crippen LogP contribution < -0.4 is 5.32 Å². The van der Waals surface area contributed by atoms with Crippen LogP contribution in [0.3, 0.4) is 0 Å². The Morgan fingerprint density at radius 2 is 1.75 bits per heavy atom. The summed E-state index contributed by atoms with van der Waals surface area (Å²) in [5, 5.41) is 13.6. The summed E-state index contributed by atoms with van der Waals surface area (Å²) in [6, 6.07) is 8.36. The Kier molecular flexibility index (Phi) is 6.40. The zero-order valence-corrected chi connectivity index (χ0v) is 13.5. The molecule has 112 valence electrons. The Hall–Kier alpha value is -0.510. The number of nitrogens with one attached hydrogen (secondary N) is 1. The first kappa shape index (κ1) is 15.9. The lowest BCUT2D eigenvalue weighted by molar-refractivity contribution is 0.172. The predicted octanol–water partition coefficient (Wildman–Crippen LogP) is 3.58. The Morgan fingerprint density at radius 1 is 1.15 bits per heavy atom. The maximum absolute atomic E-state index is 10.2. The van der Waals surface area contributed by atoms with Gasteiger partial charge in [0.2, 0.25) is 0 Å². The molecule has 1 atom stereocenters. The van der Waals surface area contributed by atoms with Crippen LogP contribution in [0.2, 0.25) is 0 Å². The van der Waals surface area contributed by atoms with E-state index in [1.807, 2.05) is 0 Å². The van der Waals surface area contributed by atoms with Gasteiger partial charge in [0.15, 0.2) is 0 Å². The van der Waals surface area contributed by atoms with Crippen molar-refractivity contribution < 1.29 is 5.11 Å². The molecule has 0 radical (unpaired) electrons. The Bertz CT molecular complexity index is 384. The molecule has 20 heavy (non-hydrogen) atoms. The van der Waals surface area contributed by atoms with Crippen LogP contribution in [0, 0.1) is 5.92 Å². The Balaban J connectivity index is 1.74. The first-order valence-corrected chi connectivity index (χ1v) is 8.88. The van der Waals surface area contributed by atoms with Gasteiger partial charge < -0.3 is 10.4 Å². The van der Waals surface area contributed by atoms with Crippen LogP contribution in [0.1, 0.15) is 49.8 Å². The zero-order chi connectivity index (χ0) is 14.4. The lowest BCUT2D eigenvalue weighted by Crippen LogP contribution is -2.29. The third-order valence-electron chi connectivity index (χ3n) is 4.10. The first-order chi connectivity index (χ1) is 9.66. The van der Waals surface area contributed by atoms with Crippen molar-refractivity contribution in [3.63, 3.8) is 0 Å². The molecular weight excluding hydrogens is 266 g/mol. The second-order valence-electron chi connectivity index (χ2n) is 6.05. The summed E-state index contributed by atoms with van der Waals surface area (Å²) in [5.41, 5.74) is 2.34. The van der Waals surface area contributed by atoms with Gasteiger partial charge in [-0.2, -0.15) is 11.8 Å². The smallest absolute Gasteiger partial charge is 0.0914 e. The molecule has 0 bridgehead atoms. The summed E-state index contributed by atoms with van der Waals surface area (Å²) in [7, 11) is 0. The van der Waals surface area contributed by atoms with Gasteiger partial charge in [-0.3, -0.25) is 0 Å². The van der Waals surface area contributed by atoms with Crippen molar-refractivity contribution in [1.29, 1.82) is 0 Å². The van der Waals surface area contributed by atoms with E-state index >= 15 is 0 Å². The van der Waals surface area contributed by atoms with E-state index in [9.17, 15) is 5.11 Å². The SMILES string of the molecule is CC(C)c1ccc(C(O)CNCC2CCSCC2)cc1. The van der Waals surface area contributed by atoms with Gasteiger partial charge in [0.1, 0.15) is 0 Å². The van der Waals surface area contributed by atoms with E-state index in [0.29, 0.717) is 12.5 Å². The zero-order valence-electron chi connectivity index (χ0n) is 12.6. The highest BCUT2D eigenvalue weighted by molar-refractivity contribution is 7.99. The molecule has 1 aromatic carbocycles. The largest absolute Gasteiger partial charge is 0.387 e. The van der Waals surface area contributed by atoms with Gasteiger partial charge >= 0.3 is 0 Å². The molecule has 0 amide bonds. The molecule has 2 nitrogen and oxygen atoms in total. The molecule has 2 rings (SSSR count). The molecule has 1 aromatic rings. The van der Waals surface area contributed by atoms with Gasteiger partial charge in [0.05, 0.1) is 6.10 Å². The van der Waals surface area contributed by atoms with Crippen molar-refractivity contribution in [2.24, 2.45) is 5.92 Å². The highest BCUT2D eigenvalue weighted by Gasteiger charge is 2.14. The van der Waals surface area contributed by atoms with Crippen molar-refractivity contribution in [2.45, 2.75) is 38.7 Å². The summed E-state index contributed by atoms with van der Waals surface area (Å²) in [6.45, 7) is 6.08. The summed E-state index contributed by atoms with van der Waals surface area (Å²) in [4.78, 5) is 0. The number of benzene rings is 1. The van der Waals surface area contributed by atoms with Gasteiger partial charge in [0, 0.05) is 6.54 Å². The molecular formula is C17H27NOS. The summed E-state index contributed by atoms with van der Waals surface area (Å²) in [6.07, 6.45) is 2.24. The monoisotopic (exact) mass is 293 g/mol. The van der Waals surface area contributed by atoms with Gasteiger partial charge in [0.25, 0.3) is 0 Å². The molecule has 3 heteroatoms. The molecule has 0 aromatic heterocycles. The average Bonchev–Trinajstić information content (AvgIpc) is 2.48. The van der Waals surface area contributed by atoms with Crippen molar-refractivity contribution >= 4 is 11.8 Å². The fraction of sp³-hybridized carbons (Fsp3) is 0.647. The molecule has 0 spiro atoms. The molecule has 0 saturated carbocycles. The standard InChI is InChI=1S/C17H27NOS/c1-13(2)15-3-5-16(6-4-15)17(19)12-18-11-14-7-9-20-10-8-14/h3-6,13-14,17-19H,7-12H2,1-2H3. The van der Waals surface area contributed by atoms with Crippen molar-refractivity contribution in [3.05, 3.63) is 35.4 Å². The maximum atomic E-state index is 10.2. The third-order valence-corrected chi connectivity index (χ3v) is 5.15. The van der Waals surface area contributed by atoms with E-state index < -0.39 is 6.10 Å². The fourth-order valence-electron chi connectivity index (χ4n) is 2.60. The molecule has 1 fully saturated rings. The number of hydrogen-bond acceptors (Lipinski definition) is 3. The minimum absolute atomic E-state index is 0.394. The first-order valence-electron chi connectivity index (χ1n) is 7.73. The van der Waals surface area contributed by atoms with Crippen LogP contribution in [0.5, 0.6) is 0 Å². The minimum atomic E-state index is -0.394. The van der Waals surface area contributed by atoms with Crippen LogP contribution in [0.25, 0.3) is 0 Å². The highest BCUT2D eigenvalue weighted by atomic mass is 32.2. The molecule has 2 N–H and O–H groups in total. The quantitative estimate of drug-likeness (QED) is 0.841. The van der Waals surface area contributed by atoms with Gasteiger partial charge in [-0.05, 0) is 53.9 Å². The number of aliphatic hydroxyl groups is 1. The van der Waals surface area contributed by atoms with Crippen LogP contribution in [0.15, 0.2) is 24.3 Å². The molecule has 0 aliphatic carbocycles. The van der Waals surface area contributed by atoms with Crippen LogP contribution >= 0.6 is 11.8 Å². The molecule has 1 saturated heterocycles. The van der Waals surface area contributed by atoms with E-state index in [2.05, 4.69) is 55.2 Å². The summed E-state index contributed by atoms with van der Waals surface area (Å²) in [5.74, 6) is 3.94. The van der Waals surface area contributed by atoms with Crippen LogP contribution in [0.4, 0.5) is 0 Å². The maximum Gasteiger partial charge on any atom is 0.0914 e. The second-order valence-corrected chi connectivity index (χ2v) is 7.28. The number of hydrogen-bond donors (Lipinski definition) is 2. The van der Waals surface area contributed by atoms with E-state index in [1.54, 1.807) is 0 Å². The fourth-order valence-corrected chi connectivity index (χ4v) is 3.80. The van der Waals surface area contributed by atoms with Gasteiger partial charge in [-0.25, -0.2) is 0 Å². The highest BCUT2D eigenvalue weighted by Crippen LogP contribution is 2.22. The number of aliphatic hydroxyl groups excluding tert-OH is 1. The van der Waals surface area contributed by atoms with E-state index in [0.717, 1.165) is 18.0 Å². The molecule has 1 heterocycles. The lowest BCUT2D eigenvalue weighted by atomic mass is 9.99. The Labute approximate surface area is 127 Å². The van der Waals surface area contributed by atoms with Crippen molar-refractivity contribution in [1.82, 2.24) is 5.32 Å². The number of rotatable bonds is 6. The van der Waals surface area contributed by atoms with Crippen molar-refractivity contribution in [3.8, 4) is 0 Å². The van der Waals surface area contributed by atoms with Crippen LogP contribution in [-0.4, -0.2) is 29.7 Å². The van der Waals surface area contributed by atoms with Crippen LogP contribution in [-0.2, 0) is 0 Å². The third kappa shape index (κ3) is 4.80. The van der Waals surface area contributed by atoms with Gasteiger partial charge in [-0.15, -0.1) is 0 Å². The van der Waals surface area contributed by atoms with E-state index in [-0.39, 0.29) is 0 Å². The lowest BCUT2D eigenvalue weighted by Gasteiger charge is -2.22. The van der Waals surface area contributed by atoms with E-state index in [4.69, 9.17) is 0 Å². The summed E-state index contributed by atoms with van der Waals surface area (Å²) >= 11 is 2.06. The molecule has 1 aliphatic rings. The predicted molar refractivity (Wildman–Crippen MR) is 88.4 cm³/mol. The normalized spacial score (nSPS) is 18.4. The minimum Gasteiger partial charge on any atom is -0.387 e. The summed E-state index contributed by atoms with van der Waals surface area (Å²) < 4.78 is 0. The van der Waals surface area contributed by atoms with Crippen molar-refractivity contribution in [2.75, 3.05) is 24.6 Å².